The molecular formula is C11H19N3O2. The van der Waals surface area contributed by atoms with Gasteiger partial charge in [0.25, 0.3) is 0 Å². The van der Waals surface area contributed by atoms with E-state index in [2.05, 4.69) is 5.10 Å². The van der Waals surface area contributed by atoms with Crippen molar-refractivity contribution in [2.75, 3.05) is 20.1 Å². The van der Waals surface area contributed by atoms with Crippen molar-refractivity contribution in [2.24, 2.45) is 13.0 Å². The molecule has 0 saturated carbocycles. The van der Waals surface area contributed by atoms with Crippen LogP contribution < -0.4 is 0 Å². The van der Waals surface area contributed by atoms with Gasteiger partial charge >= 0.3 is 5.97 Å². The highest BCUT2D eigenvalue weighted by atomic mass is 16.4. The monoisotopic (exact) mass is 225 g/mol. The number of aromatic nitrogens is 2. The zero-order valence-electron chi connectivity index (χ0n) is 10.1. The molecule has 0 aliphatic heterocycles. The van der Waals surface area contributed by atoms with Crippen LogP contribution in [0.2, 0.25) is 0 Å². The second kappa shape index (κ2) is 5.65. The predicted molar refractivity (Wildman–Crippen MR) is 61.2 cm³/mol. The highest BCUT2D eigenvalue weighted by Gasteiger charge is 2.13. The first-order valence-corrected chi connectivity index (χ1v) is 5.38. The average molecular weight is 225 g/mol. The summed E-state index contributed by atoms with van der Waals surface area (Å²) in [7, 11) is 3.83. The van der Waals surface area contributed by atoms with Gasteiger partial charge in [-0.1, -0.05) is 6.92 Å². The lowest BCUT2D eigenvalue weighted by Crippen LogP contribution is -2.30. The normalized spacial score (nSPS) is 13.0. The molecule has 0 aliphatic rings. The van der Waals surface area contributed by atoms with E-state index in [4.69, 9.17) is 5.11 Å². The molecule has 1 atom stereocenters. The van der Waals surface area contributed by atoms with E-state index in [1.807, 2.05) is 31.4 Å². The minimum absolute atomic E-state index is 0.320. The molecule has 5 heteroatoms. The molecule has 5 nitrogen and oxygen atoms in total. The van der Waals surface area contributed by atoms with Gasteiger partial charge in [-0.2, -0.15) is 5.10 Å². The highest BCUT2D eigenvalue weighted by Crippen LogP contribution is 2.02. The molecule has 1 aromatic heterocycles. The number of hydrogen-bond acceptors (Lipinski definition) is 3. The van der Waals surface area contributed by atoms with Gasteiger partial charge in [0, 0.05) is 26.3 Å². The van der Waals surface area contributed by atoms with Crippen molar-refractivity contribution in [1.29, 1.82) is 0 Å². The number of likely N-dealkylation sites (N-methyl/N-ethyl adjacent to an activating group) is 1. The summed E-state index contributed by atoms with van der Waals surface area (Å²) in [6, 6.07) is 0. The molecule has 1 rings (SSSR count). The Labute approximate surface area is 95.7 Å². The number of carboxylic acids is 1. The van der Waals surface area contributed by atoms with Gasteiger partial charge in [0.15, 0.2) is 0 Å². The molecule has 0 spiro atoms. The smallest absolute Gasteiger partial charge is 0.307 e. The lowest BCUT2D eigenvalue weighted by atomic mass is 10.1. The topological polar surface area (TPSA) is 58.4 Å². The molecule has 1 N–H and O–H groups in total. The Morgan fingerprint density at radius 1 is 1.69 bits per heavy atom. The van der Waals surface area contributed by atoms with E-state index >= 15 is 0 Å². The molecule has 0 fully saturated rings. The molecular weight excluding hydrogens is 206 g/mol. The highest BCUT2D eigenvalue weighted by molar-refractivity contribution is 5.69. The fraction of sp³-hybridized carbons (Fsp3) is 0.636. The van der Waals surface area contributed by atoms with Crippen molar-refractivity contribution in [1.82, 2.24) is 14.7 Å². The number of hydrogen-bond donors (Lipinski definition) is 1. The summed E-state index contributed by atoms with van der Waals surface area (Å²) in [5.74, 6) is -1.06. The number of carboxylic acid groups (broad SMARTS) is 1. The van der Waals surface area contributed by atoms with Crippen molar-refractivity contribution in [3.63, 3.8) is 0 Å². The molecule has 0 saturated heterocycles. The quantitative estimate of drug-likeness (QED) is 0.771. The van der Waals surface area contributed by atoms with Crippen LogP contribution in [0.5, 0.6) is 0 Å². The van der Waals surface area contributed by atoms with E-state index in [0.717, 1.165) is 13.0 Å². The number of nitrogens with zero attached hydrogens (tertiary/aromatic N) is 3. The van der Waals surface area contributed by atoms with E-state index in [0.29, 0.717) is 6.54 Å². The first kappa shape index (κ1) is 12.7. The first-order valence-electron chi connectivity index (χ1n) is 5.38. The molecule has 0 aliphatic carbocycles. The molecule has 16 heavy (non-hydrogen) atoms. The molecule has 1 aromatic rings. The zero-order chi connectivity index (χ0) is 12.1. The van der Waals surface area contributed by atoms with Crippen LogP contribution in [0.4, 0.5) is 0 Å². The average Bonchev–Trinajstić information content (AvgIpc) is 2.61. The van der Waals surface area contributed by atoms with Crippen molar-refractivity contribution in [3.8, 4) is 0 Å². The van der Waals surface area contributed by atoms with E-state index in [-0.39, 0.29) is 5.92 Å². The maximum absolute atomic E-state index is 10.7. The molecule has 0 amide bonds. The van der Waals surface area contributed by atoms with Gasteiger partial charge < -0.3 is 10.0 Å². The standard InChI is InChI=1S/C11H19N3O2/c1-9(11(15)16)7-13(2)5-4-10-6-12-14(3)8-10/h6,8-9H,4-5,7H2,1-3H3,(H,15,16). The van der Waals surface area contributed by atoms with Gasteiger partial charge in [0.05, 0.1) is 12.1 Å². The summed E-state index contributed by atoms with van der Waals surface area (Å²) in [5.41, 5.74) is 1.18. The van der Waals surface area contributed by atoms with E-state index in [1.165, 1.54) is 5.56 Å². The summed E-state index contributed by atoms with van der Waals surface area (Å²) < 4.78 is 1.77. The Balaban J connectivity index is 2.30. The van der Waals surface area contributed by atoms with Crippen LogP contribution in [0.15, 0.2) is 12.4 Å². The molecule has 0 aromatic carbocycles. The van der Waals surface area contributed by atoms with Gasteiger partial charge in [0.2, 0.25) is 0 Å². The number of aryl methyl sites for hydroxylation is 1. The number of aliphatic carboxylic acids is 1. The Morgan fingerprint density at radius 3 is 2.88 bits per heavy atom. The van der Waals surface area contributed by atoms with E-state index < -0.39 is 5.97 Å². The Morgan fingerprint density at radius 2 is 2.38 bits per heavy atom. The fourth-order valence-electron chi connectivity index (χ4n) is 1.56. The SMILES string of the molecule is CC(CN(C)CCc1cnn(C)c1)C(=O)O. The maximum atomic E-state index is 10.7. The van der Waals surface area contributed by atoms with Gasteiger partial charge in [-0.3, -0.25) is 9.48 Å². The zero-order valence-corrected chi connectivity index (χ0v) is 10.1. The summed E-state index contributed by atoms with van der Waals surface area (Å²) in [4.78, 5) is 12.7. The lowest BCUT2D eigenvalue weighted by Gasteiger charge is -2.18. The van der Waals surface area contributed by atoms with Crippen LogP contribution in [0.25, 0.3) is 0 Å². The Kier molecular flexibility index (Phi) is 4.49. The van der Waals surface area contributed by atoms with Crippen LogP contribution >= 0.6 is 0 Å². The molecule has 1 heterocycles. The van der Waals surface area contributed by atoms with Crippen LogP contribution in [0.1, 0.15) is 12.5 Å². The van der Waals surface area contributed by atoms with Crippen molar-refractivity contribution in [3.05, 3.63) is 18.0 Å². The Bertz CT molecular complexity index is 349. The van der Waals surface area contributed by atoms with Crippen LogP contribution in [-0.2, 0) is 18.3 Å². The third-order valence-corrected chi connectivity index (χ3v) is 2.55. The van der Waals surface area contributed by atoms with Gasteiger partial charge in [0.1, 0.15) is 0 Å². The van der Waals surface area contributed by atoms with E-state index in [1.54, 1.807) is 11.6 Å². The van der Waals surface area contributed by atoms with Crippen LogP contribution in [0.3, 0.4) is 0 Å². The number of rotatable bonds is 6. The third kappa shape index (κ3) is 4.02. The lowest BCUT2D eigenvalue weighted by molar-refractivity contribution is -0.141. The van der Waals surface area contributed by atoms with Gasteiger partial charge in [-0.25, -0.2) is 0 Å². The van der Waals surface area contributed by atoms with Crippen LogP contribution in [0, 0.1) is 5.92 Å². The second-order valence-electron chi connectivity index (χ2n) is 4.27. The molecule has 90 valence electrons. The van der Waals surface area contributed by atoms with Gasteiger partial charge in [-0.15, -0.1) is 0 Å². The summed E-state index contributed by atoms with van der Waals surface area (Å²) in [5, 5.41) is 12.9. The minimum atomic E-state index is -0.742. The van der Waals surface area contributed by atoms with Crippen molar-refractivity contribution < 1.29 is 9.90 Å². The van der Waals surface area contributed by atoms with E-state index in [9.17, 15) is 4.79 Å². The summed E-state index contributed by atoms with van der Waals surface area (Å²) >= 11 is 0. The van der Waals surface area contributed by atoms with Crippen LogP contribution in [-0.4, -0.2) is 45.9 Å². The minimum Gasteiger partial charge on any atom is -0.481 e. The second-order valence-corrected chi connectivity index (χ2v) is 4.27. The molecule has 1 unspecified atom stereocenters. The summed E-state index contributed by atoms with van der Waals surface area (Å²) in [6.45, 7) is 3.15. The third-order valence-electron chi connectivity index (χ3n) is 2.55. The largest absolute Gasteiger partial charge is 0.481 e. The predicted octanol–water partition coefficient (Wildman–Crippen LogP) is 0.615. The first-order chi connectivity index (χ1) is 7.49. The maximum Gasteiger partial charge on any atom is 0.307 e. The number of carbonyl (C=O) groups is 1. The molecule has 0 bridgehead atoms. The van der Waals surface area contributed by atoms with Crippen molar-refractivity contribution in [2.45, 2.75) is 13.3 Å². The van der Waals surface area contributed by atoms with Crippen molar-refractivity contribution >= 4 is 5.97 Å². The Hall–Kier alpha value is -1.36. The molecule has 0 radical (unpaired) electrons. The summed E-state index contributed by atoms with van der Waals surface area (Å²) in [6.07, 6.45) is 4.72. The fourth-order valence-corrected chi connectivity index (χ4v) is 1.56. The van der Waals surface area contributed by atoms with Gasteiger partial charge in [-0.05, 0) is 19.0 Å².